The molecule has 1 heterocycles. The van der Waals surface area contributed by atoms with Crippen LogP contribution in [0.15, 0.2) is 232 Å². The molecule has 0 aliphatic carbocycles. The summed E-state index contributed by atoms with van der Waals surface area (Å²) < 4.78 is 0. The van der Waals surface area contributed by atoms with Crippen molar-refractivity contribution in [3.63, 3.8) is 0 Å². The molecule has 9 aromatic carbocycles. The molecule has 0 aromatic heterocycles. The van der Waals surface area contributed by atoms with Gasteiger partial charge in [0, 0.05) is 40.5 Å². The molecule has 59 heavy (non-hydrogen) atoms. The third kappa shape index (κ3) is 6.81. The zero-order valence-electron chi connectivity index (χ0n) is 32.8. The van der Waals surface area contributed by atoms with Crippen molar-refractivity contribution in [1.82, 2.24) is 0 Å². The van der Waals surface area contributed by atoms with Gasteiger partial charge in [0.2, 0.25) is 0 Å². The molecular formula is C57H42N2. The summed E-state index contributed by atoms with van der Waals surface area (Å²) in [4.78, 5) is 4.75. The van der Waals surface area contributed by atoms with E-state index in [2.05, 4.69) is 223 Å². The van der Waals surface area contributed by atoms with Crippen molar-refractivity contribution in [1.29, 1.82) is 0 Å². The van der Waals surface area contributed by atoms with Crippen LogP contribution in [0.4, 0.5) is 34.1 Å². The molecule has 0 atom stereocenters. The summed E-state index contributed by atoms with van der Waals surface area (Å²) in [6, 6.07) is 72.9. The van der Waals surface area contributed by atoms with Gasteiger partial charge in [-0.15, -0.1) is 0 Å². The minimum atomic E-state index is 0.832. The van der Waals surface area contributed by atoms with E-state index in [-0.39, 0.29) is 0 Å². The van der Waals surface area contributed by atoms with Gasteiger partial charge in [-0.25, -0.2) is 0 Å². The highest BCUT2D eigenvalue weighted by Crippen LogP contribution is 2.47. The maximum Gasteiger partial charge on any atom is 0.0497 e. The molecule has 0 saturated heterocycles. The molecule has 0 unspecified atom stereocenters. The quantitative estimate of drug-likeness (QED) is 0.135. The smallest absolute Gasteiger partial charge is 0.0497 e. The van der Waals surface area contributed by atoms with Crippen LogP contribution in [0.3, 0.4) is 0 Å². The lowest BCUT2D eigenvalue weighted by Crippen LogP contribution is -2.18. The summed E-state index contributed by atoms with van der Waals surface area (Å²) in [7, 11) is 0. The van der Waals surface area contributed by atoms with Gasteiger partial charge in [-0.2, -0.15) is 0 Å². The van der Waals surface area contributed by atoms with Gasteiger partial charge in [-0.05, 0) is 145 Å². The fourth-order valence-corrected chi connectivity index (χ4v) is 8.59. The number of hydrogen-bond donors (Lipinski definition) is 0. The number of rotatable bonds is 9. The van der Waals surface area contributed by atoms with Crippen LogP contribution in [0.5, 0.6) is 0 Å². The highest BCUT2D eigenvalue weighted by atomic mass is 15.2. The van der Waals surface area contributed by atoms with Crippen LogP contribution in [0.25, 0.3) is 49.4 Å². The largest absolute Gasteiger partial charge is 0.310 e. The third-order valence-electron chi connectivity index (χ3n) is 11.5. The number of para-hydroxylation sites is 1. The highest BCUT2D eigenvalue weighted by molar-refractivity contribution is 5.92. The maximum atomic E-state index is 4.03. The fourth-order valence-electron chi connectivity index (χ4n) is 8.59. The Kier molecular flexibility index (Phi) is 9.29. The fraction of sp³-hybridized carbons (Fsp3) is 0.0175. The first-order valence-corrected chi connectivity index (χ1v) is 20.2. The lowest BCUT2D eigenvalue weighted by atomic mass is 9.89. The SMILES string of the molecule is C=C/C=C(\C=C)c1ccc(N2c3ccc(-c4ccc(N(c5ccccc5)c5ccc6ccccc6c5)cc4)cc3Cc3cc(-c4ccc5ccccc5c4)ccc32)cc1. The van der Waals surface area contributed by atoms with Crippen molar-refractivity contribution in [2.75, 3.05) is 9.80 Å². The molecule has 0 bridgehead atoms. The molecule has 1 aliphatic heterocycles. The van der Waals surface area contributed by atoms with Crippen LogP contribution in [-0.4, -0.2) is 0 Å². The zero-order chi connectivity index (χ0) is 39.7. The van der Waals surface area contributed by atoms with E-state index in [0.29, 0.717) is 0 Å². The van der Waals surface area contributed by atoms with E-state index in [4.69, 9.17) is 0 Å². The van der Waals surface area contributed by atoms with Crippen LogP contribution >= 0.6 is 0 Å². The summed E-state index contributed by atoms with van der Waals surface area (Å²) in [5, 5.41) is 4.96. The third-order valence-corrected chi connectivity index (χ3v) is 11.5. The van der Waals surface area contributed by atoms with Gasteiger partial charge in [0.25, 0.3) is 0 Å². The molecule has 2 heteroatoms. The van der Waals surface area contributed by atoms with E-state index >= 15 is 0 Å². The molecule has 2 nitrogen and oxygen atoms in total. The average Bonchev–Trinajstić information content (AvgIpc) is 3.30. The first kappa shape index (κ1) is 35.7. The van der Waals surface area contributed by atoms with E-state index in [9.17, 15) is 0 Å². The van der Waals surface area contributed by atoms with Crippen LogP contribution in [-0.2, 0) is 6.42 Å². The van der Waals surface area contributed by atoms with Gasteiger partial charge in [0.05, 0.1) is 0 Å². The van der Waals surface area contributed by atoms with Crippen molar-refractivity contribution in [2.45, 2.75) is 6.42 Å². The normalized spacial score (nSPS) is 12.2. The first-order valence-electron chi connectivity index (χ1n) is 20.2. The summed E-state index contributed by atoms with van der Waals surface area (Å²) in [5.41, 5.74) is 16.4. The van der Waals surface area contributed by atoms with Crippen LogP contribution in [0, 0.1) is 0 Å². The highest BCUT2D eigenvalue weighted by Gasteiger charge is 2.25. The summed E-state index contributed by atoms with van der Waals surface area (Å²) in [5.74, 6) is 0. The second-order valence-corrected chi connectivity index (χ2v) is 15.1. The number of fused-ring (bicyclic) bond motifs is 4. The van der Waals surface area contributed by atoms with Crippen molar-refractivity contribution >= 4 is 61.2 Å². The molecular weight excluding hydrogens is 713 g/mol. The topological polar surface area (TPSA) is 6.48 Å². The van der Waals surface area contributed by atoms with Crippen molar-refractivity contribution < 1.29 is 0 Å². The van der Waals surface area contributed by atoms with Crippen LogP contribution in [0.1, 0.15) is 16.7 Å². The Morgan fingerprint density at radius 2 is 0.949 bits per heavy atom. The van der Waals surface area contributed by atoms with E-state index in [0.717, 1.165) is 40.3 Å². The molecule has 0 N–H and O–H groups in total. The number of benzene rings is 9. The minimum Gasteiger partial charge on any atom is -0.310 e. The van der Waals surface area contributed by atoms with Gasteiger partial charge < -0.3 is 9.80 Å². The molecule has 0 spiro atoms. The molecule has 0 fully saturated rings. The van der Waals surface area contributed by atoms with Gasteiger partial charge >= 0.3 is 0 Å². The Bertz CT molecular complexity index is 3050. The Labute approximate surface area is 346 Å². The Hall–Kier alpha value is -7.68. The number of nitrogens with zero attached hydrogens (tertiary/aromatic N) is 2. The number of anilines is 6. The summed E-state index contributed by atoms with van der Waals surface area (Å²) >= 11 is 0. The second-order valence-electron chi connectivity index (χ2n) is 15.1. The van der Waals surface area contributed by atoms with Crippen molar-refractivity contribution in [3.05, 3.63) is 248 Å². The lowest BCUT2D eigenvalue weighted by molar-refractivity contribution is 1.09. The van der Waals surface area contributed by atoms with Crippen molar-refractivity contribution in [2.24, 2.45) is 0 Å². The monoisotopic (exact) mass is 754 g/mol. The van der Waals surface area contributed by atoms with Crippen LogP contribution < -0.4 is 9.80 Å². The molecule has 1 aliphatic rings. The maximum absolute atomic E-state index is 4.03. The Morgan fingerprint density at radius 1 is 0.441 bits per heavy atom. The lowest BCUT2D eigenvalue weighted by Gasteiger charge is -2.34. The van der Waals surface area contributed by atoms with E-state index < -0.39 is 0 Å². The van der Waals surface area contributed by atoms with Crippen molar-refractivity contribution in [3.8, 4) is 22.3 Å². The average molecular weight is 755 g/mol. The number of allylic oxidation sites excluding steroid dienone is 4. The molecule has 10 rings (SSSR count). The molecule has 0 amide bonds. The van der Waals surface area contributed by atoms with E-state index in [1.165, 1.54) is 66.3 Å². The first-order chi connectivity index (χ1) is 29.1. The van der Waals surface area contributed by atoms with Crippen LogP contribution in [0.2, 0.25) is 0 Å². The predicted octanol–water partition coefficient (Wildman–Crippen LogP) is 15.9. The summed E-state index contributed by atoms with van der Waals surface area (Å²) in [6.45, 7) is 7.93. The molecule has 9 aromatic rings. The molecule has 280 valence electrons. The summed E-state index contributed by atoms with van der Waals surface area (Å²) in [6.07, 6.45) is 6.52. The molecule has 0 saturated carbocycles. The Morgan fingerprint density at radius 3 is 1.59 bits per heavy atom. The standard InChI is InChI=1S/C57H42N2/c1-3-12-40(4-2)43-21-30-54(31-22-43)59-56-33-26-47(36-50(56)38-51-37-49(27-34-57(51)59)48-20-19-41-13-8-10-15-45(41)35-48)44-23-28-53(29-24-44)58(52-17-6-5-7-18-52)55-32-25-42-14-9-11-16-46(42)39-55/h3-37,39H,1-2,38H2/b40-12+. The van der Waals surface area contributed by atoms with Gasteiger partial charge in [0.15, 0.2) is 0 Å². The molecule has 0 radical (unpaired) electrons. The minimum absolute atomic E-state index is 0.832. The Balaban J connectivity index is 1.04. The second kappa shape index (κ2) is 15.3. The van der Waals surface area contributed by atoms with E-state index in [1.807, 2.05) is 18.2 Å². The zero-order valence-corrected chi connectivity index (χ0v) is 32.8. The predicted molar refractivity (Wildman–Crippen MR) is 253 cm³/mol. The van der Waals surface area contributed by atoms with Gasteiger partial charge in [-0.1, -0.05) is 153 Å². The van der Waals surface area contributed by atoms with Gasteiger partial charge in [0.1, 0.15) is 0 Å². The van der Waals surface area contributed by atoms with Gasteiger partial charge in [-0.3, -0.25) is 0 Å². The number of hydrogen-bond acceptors (Lipinski definition) is 2. The van der Waals surface area contributed by atoms with E-state index in [1.54, 1.807) is 0 Å².